The van der Waals surface area contributed by atoms with Gasteiger partial charge in [-0.25, -0.2) is 15.0 Å². The quantitative estimate of drug-likeness (QED) is 0.789. The Bertz CT molecular complexity index is 903. The van der Waals surface area contributed by atoms with Gasteiger partial charge in [-0.3, -0.25) is 0 Å². The maximum Gasteiger partial charge on any atom is 0.227 e. The molecule has 0 spiro atoms. The van der Waals surface area contributed by atoms with Crippen molar-refractivity contribution in [2.24, 2.45) is 0 Å². The van der Waals surface area contributed by atoms with Crippen LogP contribution in [0.2, 0.25) is 0 Å². The number of rotatable bonds is 4. The van der Waals surface area contributed by atoms with E-state index in [4.69, 9.17) is 4.74 Å². The first kappa shape index (κ1) is 15.6. The molecule has 0 atom stereocenters. The lowest BCUT2D eigenvalue weighted by molar-refractivity contribution is 0.413. The summed E-state index contributed by atoms with van der Waals surface area (Å²) in [6.45, 7) is 1.96. The monoisotopic (exact) mass is 335 g/mol. The molecule has 0 radical (unpaired) electrons. The van der Waals surface area contributed by atoms with Gasteiger partial charge < -0.3 is 14.6 Å². The summed E-state index contributed by atoms with van der Waals surface area (Å²) >= 11 is 0. The van der Waals surface area contributed by atoms with Gasteiger partial charge in [-0.1, -0.05) is 0 Å². The van der Waals surface area contributed by atoms with Crippen molar-refractivity contribution in [2.45, 2.75) is 32.6 Å². The van der Waals surface area contributed by atoms with Gasteiger partial charge in [-0.15, -0.1) is 0 Å². The Morgan fingerprint density at radius 2 is 2.04 bits per heavy atom. The van der Waals surface area contributed by atoms with Gasteiger partial charge in [0.15, 0.2) is 0 Å². The highest BCUT2D eigenvalue weighted by atomic mass is 16.5. The Morgan fingerprint density at radius 1 is 1.16 bits per heavy atom. The molecule has 0 saturated carbocycles. The molecule has 0 unspecified atom stereocenters. The van der Waals surface area contributed by atoms with Crippen molar-refractivity contribution in [1.29, 1.82) is 0 Å². The summed E-state index contributed by atoms with van der Waals surface area (Å²) in [7, 11) is 1.67. The van der Waals surface area contributed by atoms with Crippen molar-refractivity contribution in [2.75, 3.05) is 12.4 Å². The second kappa shape index (κ2) is 6.55. The van der Waals surface area contributed by atoms with Gasteiger partial charge >= 0.3 is 0 Å². The number of hydrogen-bond acceptors (Lipinski definition) is 5. The van der Waals surface area contributed by atoms with Crippen molar-refractivity contribution >= 4 is 11.6 Å². The Labute approximate surface area is 146 Å². The molecule has 3 aromatic rings. The van der Waals surface area contributed by atoms with E-state index < -0.39 is 0 Å². The molecule has 1 aliphatic rings. The maximum atomic E-state index is 5.55. The first-order chi connectivity index (χ1) is 12.2. The SMILES string of the molecule is COc1cc(Nc2ncc3c(n2)CCCC3)ccc1-n1cnc(C)c1. The van der Waals surface area contributed by atoms with Crippen LogP contribution in [-0.4, -0.2) is 26.6 Å². The van der Waals surface area contributed by atoms with E-state index in [1.165, 1.54) is 24.1 Å². The minimum atomic E-state index is 0.633. The van der Waals surface area contributed by atoms with E-state index in [1.807, 2.05) is 42.1 Å². The zero-order chi connectivity index (χ0) is 17.2. The lowest BCUT2D eigenvalue weighted by atomic mass is 9.98. The van der Waals surface area contributed by atoms with Crippen molar-refractivity contribution in [1.82, 2.24) is 19.5 Å². The molecule has 2 heterocycles. The molecule has 6 heteroatoms. The van der Waals surface area contributed by atoms with Crippen molar-refractivity contribution in [3.8, 4) is 11.4 Å². The van der Waals surface area contributed by atoms with E-state index in [-0.39, 0.29) is 0 Å². The topological polar surface area (TPSA) is 64.9 Å². The molecule has 0 fully saturated rings. The Morgan fingerprint density at radius 3 is 2.84 bits per heavy atom. The first-order valence-electron chi connectivity index (χ1n) is 8.54. The number of methoxy groups -OCH3 is 1. The number of imidazole rings is 1. The maximum absolute atomic E-state index is 5.55. The third-order valence-electron chi connectivity index (χ3n) is 4.49. The summed E-state index contributed by atoms with van der Waals surface area (Å²) in [5.74, 6) is 1.40. The van der Waals surface area contributed by atoms with E-state index in [0.717, 1.165) is 35.7 Å². The Hall–Kier alpha value is -2.89. The van der Waals surface area contributed by atoms with Crippen LogP contribution in [0.4, 0.5) is 11.6 Å². The number of anilines is 2. The number of hydrogen-bond donors (Lipinski definition) is 1. The first-order valence-corrected chi connectivity index (χ1v) is 8.54. The molecule has 0 amide bonds. The predicted octanol–water partition coefficient (Wildman–Crippen LogP) is 3.60. The summed E-state index contributed by atoms with van der Waals surface area (Å²) in [4.78, 5) is 13.4. The van der Waals surface area contributed by atoms with Crippen LogP contribution >= 0.6 is 0 Å². The van der Waals surface area contributed by atoms with Gasteiger partial charge in [0.25, 0.3) is 0 Å². The van der Waals surface area contributed by atoms with Crippen LogP contribution in [0.15, 0.2) is 36.9 Å². The number of nitrogens with one attached hydrogen (secondary N) is 1. The van der Waals surface area contributed by atoms with Crippen LogP contribution in [-0.2, 0) is 12.8 Å². The van der Waals surface area contributed by atoms with Gasteiger partial charge in [0.2, 0.25) is 5.95 Å². The fourth-order valence-electron chi connectivity index (χ4n) is 3.19. The number of benzene rings is 1. The molecular formula is C19H21N5O. The summed E-state index contributed by atoms with van der Waals surface area (Å²) in [6, 6.07) is 5.95. The molecule has 4 rings (SSSR count). The smallest absolute Gasteiger partial charge is 0.227 e. The number of aryl methyl sites for hydroxylation is 3. The predicted molar refractivity (Wildman–Crippen MR) is 96.8 cm³/mol. The zero-order valence-corrected chi connectivity index (χ0v) is 14.5. The standard InChI is InChI=1S/C19H21N5O/c1-13-11-24(12-21-13)17-8-7-15(9-18(17)25-2)22-19-20-10-14-5-3-4-6-16(14)23-19/h7-12H,3-6H2,1-2H3,(H,20,22,23). The largest absolute Gasteiger partial charge is 0.494 e. The molecular weight excluding hydrogens is 314 g/mol. The average Bonchev–Trinajstić information content (AvgIpc) is 3.07. The van der Waals surface area contributed by atoms with Crippen molar-refractivity contribution < 1.29 is 4.74 Å². The third kappa shape index (κ3) is 3.20. The molecule has 128 valence electrons. The van der Waals surface area contributed by atoms with E-state index in [9.17, 15) is 0 Å². The fourth-order valence-corrected chi connectivity index (χ4v) is 3.19. The minimum absolute atomic E-state index is 0.633. The summed E-state index contributed by atoms with van der Waals surface area (Å²) in [6.07, 6.45) is 10.3. The molecule has 6 nitrogen and oxygen atoms in total. The lowest BCUT2D eigenvalue weighted by Crippen LogP contribution is -2.08. The molecule has 1 aromatic carbocycles. The van der Waals surface area contributed by atoms with Crippen LogP contribution in [0.3, 0.4) is 0 Å². The van der Waals surface area contributed by atoms with Gasteiger partial charge in [0, 0.05) is 29.8 Å². The molecule has 1 N–H and O–H groups in total. The molecule has 2 aromatic heterocycles. The normalized spacial score (nSPS) is 13.4. The third-order valence-corrected chi connectivity index (χ3v) is 4.49. The number of fused-ring (bicyclic) bond motifs is 1. The minimum Gasteiger partial charge on any atom is -0.494 e. The van der Waals surface area contributed by atoms with Gasteiger partial charge in [-0.2, -0.15) is 0 Å². The zero-order valence-electron chi connectivity index (χ0n) is 14.5. The highest BCUT2D eigenvalue weighted by Crippen LogP contribution is 2.28. The molecule has 0 saturated heterocycles. The molecule has 1 aliphatic carbocycles. The molecule has 25 heavy (non-hydrogen) atoms. The number of nitrogens with zero attached hydrogens (tertiary/aromatic N) is 4. The number of aromatic nitrogens is 4. The molecule has 0 bridgehead atoms. The highest BCUT2D eigenvalue weighted by molar-refractivity contribution is 5.62. The summed E-state index contributed by atoms with van der Waals surface area (Å²) < 4.78 is 7.50. The Kier molecular flexibility index (Phi) is 4.09. The van der Waals surface area contributed by atoms with Crippen LogP contribution in [0.1, 0.15) is 29.8 Å². The van der Waals surface area contributed by atoms with E-state index in [1.54, 1.807) is 13.4 Å². The van der Waals surface area contributed by atoms with Gasteiger partial charge in [0.05, 0.1) is 24.8 Å². The summed E-state index contributed by atoms with van der Waals surface area (Å²) in [5.41, 5.74) is 5.25. The average molecular weight is 335 g/mol. The fraction of sp³-hybridized carbons (Fsp3) is 0.316. The van der Waals surface area contributed by atoms with Crippen molar-refractivity contribution in [3.05, 3.63) is 53.9 Å². The lowest BCUT2D eigenvalue weighted by Gasteiger charge is -2.16. The van der Waals surface area contributed by atoms with E-state index in [0.29, 0.717) is 5.95 Å². The van der Waals surface area contributed by atoms with Crippen LogP contribution < -0.4 is 10.1 Å². The van der Waals surface area contributed by atoms with Crippen LogP contribution in [0.5, 0.6) is 5.75 Å². The van der Waals surface area contributed by atoms with E-state index >= 15 is 0 Å². The Balaban J connectivity index is 1.61. The van der Waals surface area contributed by atoms with E-state index in [2.05, 4.69) is 20.3 Å². The summed E-state index contributed by atoms with van der Waals surface area (Å²) in [5, 5.41) is 3.29. The molecule has 0 aliphatic heterocycles. The second-order valence-corrected chi connectivity index (χ2v) is 6.31. The number of ether oxygens (including phenoxy) is 1. The second-order valence-electron chi connectivity index (χ2n) is 6.31. The van der Waals surface area contributed by atoms with Crippen LogP contribution in [0, 0.1) is 6.92 Å². The van der Waals surface area contributed by atoms with Crippen LogP contribution in [0.25, 0.3) is 5.69 Å². The van der Waals surface area contributed by atoms with Gasteiger partial charge in [0.1, 0.15) is 5.75 Å². The van der Waals surface area contributed by atoms with Crippen molar-refractivity contribution in [3.63, 3.8) is 0 Å². The van der Waals surface area contributed by atoms with Gasteiger partial charge in [-0.05, 0) is 50.3 Å². The highest BCUT2D eigenvalue weighted by Gasteiger charge is 2.13.